The van der Waals surface area contributed by atoms with Crippen molar-refractivity contribution < 1.29 is 14.0 Å². The predicted molar refractivity (Wildman–Crippen MR) is 90.6 cm³/mol. The van der Waals surface area contributed by atoms with Gasteiger partial charge in [0.1, 0.15) is 11.9 Å². The molecule has 0 spiro atoms. The van der Waals surface area contributed by atoms with Gasteiger partial charge in [0.25, 0.3) is 0 Å². The summed E-state index contributed by atoms with van der Waals surface area (Å²) >= 11 is 0. The Morgan fingerprint density at radius 1 is 1.04 bits per heavy atom. The Morgan fingerprint density at radius 2 is 1.67 bits per heavy atom. The van der Waals surface area contributed by atoms with Crippen LogP contribution in [0.5, 0.6) is 0 Å². The van der Waals surface area contributed by atoms with Crippen molar-refractivity contribution in [3.05, 3.63) is 71.5 Å². The highest BCUT2D eigenvalue weighted by atomic mass is 19.1. The molecule has 0 heterocycles. The van der Waals surface area contributed by atoms with Crippen LogP contribution in [0.4, 0.5) is 4.39 Å². The van der Waals surface area contributed by atoms with E-state index in [9.17, 15) is 14.0 Å². The van der Waals surface area contributed by atoms with Crippen LogP contribution in [0.15, 0.2) is 54.6 Å². The number of nitrogens with zero attached hydrogens (tertiary/aromatic N) is 1. The molecule has 4 nitrogen and oxygen atoms in total. The van der Waals surface area contributed by atoms with E-state index >= 15 is 0 Å². The van der Waals surface area contributed by atoms with Crippen LogP contribution in [0.3, 0.4) is 0 Å². The normalized spacial score (nSPS) is 11.6. The molecule has 0 saturated carbocycles. The molecule has 2 aromatic rings. The molecule has 0 saturated heterocycles. The van der Waals surface area contributed by atoms with Crippen molar-refractivity contribution in [2.24, 2.45) is 0 Å². The van der Waals surface area contributed by atoms with Crippen molar-refractivity contribution in [3.8, 4) is 0 Å². The number of nitrogens with one attached hydrogen (secondary N) is 1. The number of rotatable bonds is 6. The van der Waals surface area contributed by atoms with Gasteiger partial charge in [0, 0.05) is 13.6 Å². The lowest BCUT2D eigenvalue weighted by molar-refractivity contribution is -0.139. The molecular weight excluding hydrogens is 307 g/mol. The second-order valence-corrected chi connectivity index (χ2v) is 5.60. The minimum atomic E-state index is -0.615. The van der Waals surface area contributed by atoms with E-state index in [-0.39, 0.29) is 30.6 Å². The van der Waals surface area contributed by atoms with Gasteiger partial charge in [-0.25, -0.2) is 4.39 Å². The van der Waals surface area contributed by atoms with Gasteiger partial charge in [-0.15, -0.1) is 0 Å². The van der Waals surface area contributed by atoms with Gasteiger partial charge in [-0.1, -0.05) is 42.5 Å². The summed E-state index contributed by atoms with van der Waals surface area (Å²) in [6.07, 6.45) is 0.212. The number of likely N-dealkylation sites (N-methyl/N-ethyl adjacent to an activating group) is 1. The predicted octanol–water partition coefficient (Wildman–Crippen LogP) is 2.53. The maximum absolute atomic E-state index is 13.1. The number of benzene rings is 2. The third kappa shape index (κ3) is 4.65. The van der Waals surface area contributed by atoms with E-state index in [4.69, 9.17) is 0 Å². The number of hydrogen-bond acceptors (Lipinski definition) is 2. The second-order valence-electron chi connectivity index (χ2n) is 5.60. The zero-order valence-corrected chi connectivity index (χ0v) is 13.8. The molecule has 2 aromatic carbocycles. The Balaban J connectivity index is 2.19. The van der Waals surface area contributed by atoms with Crippen LogP contribution in [0.2, 0.25) is 0 Å². The molecule has 0 aliphatic carbocycles. The van der Waals surface area contributed by atoms with Gasteiger partial charge in [-0.05, 0) is 30.2 Å². The number of hydrogen-bond donors (Lipinski definition) is 1. The number of halogens is 1. The van der Waals surface area contributed by atoms with Crippen LogP contribution >= 0.6 is 0 Å². The molecule has 1 unspecified atom stereocenters. The first-order valence-electron chi connectivity index (χ1n) is 7.80. The average molecular weight is 328 g/mol. The molecule has 2 rings (SSSR count). The molecule has 24 heavy (non-hydrogen) atoms. The van der Waals surface area contributed by atoms with E-state index in [1.54, 1.807) is 19.1 Å². The largest absolute Gasteiger partial charge is 0.357 e. The third-order valence-corrected chi connectivity index (χ3v) is 3.88. The lowest BCUT2D eigenvalue weighted by atomic mass is 10.1. The van der Waals surface area contributed by atoms with E-state index < -0.39 is 6.04 Å². The SMILES string of the molecule is CNC(=O)C(C)N(Cc1ccc(F)cc1)C(=O)Cc1ccccc1. The fourth-order valence-corrected chi connectivity index (χ4v) is 2.45. The Labute approximate surface area is 141 Å². The summed E-state index contributed by atoms with van der Waals surface area (Å²) in [7, 11) is 1.54. The molecule has 0 aromatic heterocycles. The third-order valence-electron chi connectivity index (χ3n) is 3.88. The maximum Gasteiger partial charge on any atom is 0.242 e. The molecule has 1 N–H and O–H groups in total. The highest BCUT2D eigenvalue weighted by Crippen LogP contribution is 2.13. The van der Waals surface area contributed by atoms with Crippen molar-refractivity contribution in [3.63, 3.8) is 0 Å². The summed E-state index contributed by atoms with van der Waals surface area (Å²) in [6, 6.07) is 14.7. The monoisotopic (exact) mass is 328 g/mol. The lowest BCUT2D eigenvalue weighted by Gasteiger charge is -2.28. The van der Waals surface area contributed by atoms with Crippen molar-refractivity contribution in [2.75, 3.05) is 7.05 Å². The van der Waals surface area contributed by atoms with Gasteiger partial charge in [0.2, 0.25) is 11.8 Å². The molecule has 126 valence electrons. The highest BCUT2D eigenvalue weighted by molar-refractivity contribution is 5.88. The van der Waals surface area contributed by atoms with Crippen LogP contribution in [-0.2, 0) is 22.6 Å². The molecule has 0 aliphatic rings. The van der Waals surface area contributed by atoms with Gasteiger partial charge in [0.05, 0.1) is 6.42 Å². The maximum atomic E-state index is 13.1. The summed E-state index contributed by atoms with van der Waals surface area (Å²) in [5, 5.41) is 2.57. The van der Waals surface area contributed by atoms with Gasteiger partial charge in [0.15, 0.2) is 0 Å². The van der Waals surface area contributed by atoms with E-state index in [1.165, 1.54) is 24.1 Å². The summed E-state index contributed by atoms with van der Waals surface area (Å²) < 4.78 is 13.1. The molecular formula is C19H21FN2O2. The van der Waals surface area contributed by atoms with Crippen molar-refractivity contribution in [2.45, 2.75) is 25.9 Å². The lowest BCUT2D eigenvalue weighted by Crippen LogP contribution is -2.47. The number of amides is 2. The topological polar surface area (TPSA) is 49.4 Å². The molecule has 5 heteroatoms. The number of carbonyl (C=O) groups excluding carboxylic acids is 2. The molecule has 0 bridgehead atoms. The minimum absolute atomic E-state index is 0.151. The van der Waals surface area contributed by atoms with Crippen molar-refractivity contribution in [1.29, 1.82) is 0 Å². The van der Waals surface area contributed by atoms with Gasteiger partial charge >= 0.3 is 0 Å². The van der Waals surface area contributed by atoms with Crippen LogP contribution in [0.1, 0.15) is 18.1 Å². The Morgan fingerprint density at radius 3 is 2.25 bits per heavy atom. The van der Waals surface area contributed by atoms with Gasteiger partial charge in [-0.3, -0.25) is 9.59 Å². The van der Waals surface area contributed by atoms with E-state index in [0.717, 1.165) is 11.1 Å². The first-order chi connectivity index (χ1) is 11.5. The minimum Gasteiger partial charge on any atom is -0.357 e. The molecule has 1 atom stereocenters. The Kier molecular flexibility index (Phi) is 6.07. The zero-order chi connectivity index (χ0) is 17.5. The van der Waals surface area contributed by atoms with E-state index in [2.05, 4.69) is 5.32 Å². The highest BCUT2D eigenvalue weighted by Gasteiger charge is 2.25. The van der Waals surface area contributed by atoms with Crippen molar-refractivity contribution in [1.82, 2.24) is 10.2 Å². The van der Waals surface area contributed by atoms with Gasteiger partial charge < -0.3 is 10.2 Å². The second kappa shape index (κ2) is 8.24. The van der Waals surface area contributed by atoms with E-state index in [0.29, 0.717) is 0 Å². The Hall–Kier alpha value is -2.69. The summed E-state index contributed by atoms with van der Waals surface area (Å²) in [5.41, 5.74) is 1.66. The summed E-state index contributed by atoms with van der Waals surface area (Å²) in [4.78, 5) is 26.2. The first kappa shape index (κ1) is 17.7. The van der Waals surface area contributed by atoms with Crippen LogP contribution < -0.4 is 5.32 Å². The van der Waals surface area contributed by atoms with Crippen LogP contribution in [0.25, 0.3) is 0 Å². The standard InChI is InChI=1S/C19H21FN2O2/c1-14(19(24)21-2)22(13-16-8-10-17(20)11-9-16)18(23)12-15-6-4-3-5-7-15/h3-11,14H,12-13H2,1-2H3,(H,21,24). The molecule has 2 amide bonds. The molecule has 0 aliphatic heterocycles. The first-order valence-corrected chi connectivity index (χ1v) is 7.80. The summed E-state index contributed by atoms with van der Waals surface area (Å²) in [5.74, 6) is -0.722. The molecule has 0 fully saturated rings. The van der Waals surface area contributed by atoms with Crippen molar-refractivity contribution >= 4 is 11.8 Å². The number of carbonyl (C=O) groups is 2. The zero-order valence-electron chi connectivity index (χ0n) is 13.8. The summed E-state index contributed by atoms with van der Waals surface area (Å²) in [6.45, 7) is 1.94. The molecule has 0 radical (unpaired) electrons. The smallest absolute Gasteiger partial charge is 0.242 e. The fourth-order valence-electron chi connectivity index (χ4n) is 2.45. The van der Waals surface area contributed by atoms with Crippen LogP contribution in [-0.4, -0.2) is 29.8 Å². The fraction of sp³-hybridized carbons (Fsp3) is 0.263. The van der Waals surface area contributed by atoms with Crippen LogP contribution in [0, 0.1) is 5.82 Å². The van der Waals surface area contributed by atoms with Gasteiger partial charge in [-0.2, -0.15) is 0 Å². The van der Waals surface area contributed by atoms with E-state index in [1.807, 2.05) is 30.3 Å². The average Bonchev–Trinajstić information content (AvgIpc) is 2.60. The Bertz CT molecular complexity index is 686. The quantitative estimate of drug-likeness (QED) is 0.886.